The van der Waals surface area contributed by atoms with E-state index in [1.807, 2.05) is 4.90 Å². The van der Waals surface area contributed by atoms with Gasteiger partial charge < -0.3 is 15.4 Å². The van der Waals surface area contributed by atoms with Gasteiger partial charge in [-0.25, -0.2) is 0 Å². The van der Waals surface area contributed by atoms with Crippen molar-refractivity contribution in [3.05, 3.63) is 17.5 Å². The number of aromatic amines is 1. The Hall–Kier alpha value is -1.89. The predicted molar refractivity (Wildman–Crippen MR) is 74.6 cm³/mol. The molecule has 0 unspecified atom stereocenters. The van der Waals surface area contributed by atoms with Crippen LogP contribution in [0.2, 0.25) is 0 Å². The topological polar surface area (TPSA) is 101 Å². The fourth-order valence-corrected chi connectivity index (χ4v) is 3.08. The summed E-state index contributed by atoms with van der Waals surface area (Å²) < 4.78 is 5.47. The molecule has 2 aliphatic rings. The van der Waals surface area contributed by atoms with Crippen LogP contribution in [-0.4, -0.2) is 52.7 Å². The van der Waals surface area contributed by atoms with Crippen LogP contribution in [-0.2, 0) is 9.53 Å². The maximum absolute atomic E-state index is 12.4. The van der Waals surface area contributed by atoms with Crippen molar-refractivity contribution in [1.29, 1.82) is 0 Å². The number of carbonyl (C=O) groups is 2. The van der Waals surface area contributed by atoms with Gasteiger partial charge in [-0.3, -0.25) is 14.7 Å². The number of likely N-dealkylation sites (tertiary alicyclic amines) is 1. The van der Waals surface area contributed by atoms with E-state index < -0.39 is 5.91 Å². The Morgan fingerprint density at radius 1 is 1.38 bits per heavy atom. The second-order valence-corrected chi connectivity index (χ2v) is 5.70. The number of carbonyl (C=O) groups excluding carboxylic acids is 2. The maximum atomic E-state index is 12.4. The first-order valence-corrected chi connectivity index (χ1v) is 7.40. The summed E-state index contributed by atoms with van der Waals surface area (Å²) in [6.45, 7) is 2.08. The number of aromatic nitrogens is 2. The Morgan fingerprint density at radius 2 is 2.24 bits per heavy atom. The predicted octanol–water partition coefficient (Wildman–Crippen LogP) is 0.394. The molecule has 2 atom stereocenters. The van der Waals surface area contributed by atoms with Crippen LogP contribution in [0.3, 0.4) is 0 Å². The van der Waals surface area contributed by atoms with E-state index in [1.54, 1.807) is 6.07 Å². The second-order valence-electron chi connectivity index (χ2n) is 5.70. The summed E-state index contributed by atoms with van der Waals surface area (Å²) >= 11 is 0. The third-order valence-corrected chi connectivity index (χ3v) is 4.23. The largest absolute Gasteiger partial charge is 0.368 e. The number of nitrogens with one attached hydrogen (secondary N) is 1. The Kier molecular flexibility index (Phi) is 3.92. The van der Waals surface area contributed by atoms with Gasteiger partial charge in [-0.15, -0.1) is 0 Å². The first-order chi connectivity index (χ1) is 10.1. The summed E-state index contributed by atoms with van der Waals surface area (Å²) in [4.78, 5) is 25.4. The number of ether oxygens (including phenoxy) is 1. The van der Waals surface area contributed by atoms with Gasteiger partial charge in [0.2, 0.25) is 0 Å². The summed E-state index contributed by atoms with van der Waals surface area (Å²) in [6.07, 6.45) is 3.40. The Morgan fingerprint density at radius 3 is 2.90 bits per heavy atom. The first-order valence-electron chi connectivity index (χ1n) is 7.40. The van der Waals surface area contributed by atoms with E-state index in [1.165, 1.54) is 0 Å². The zero-order valence-electron chi connectivity index (χ0n) is 11.9. The van der Waals surface area contributed by atoms with Crippen LogP contribution in [0.25, 0.3) is 0 Å². The number of hydrogen-bond donors (Lipinski definition) is 2. The standard InChI is InChI=1S/C14H20N4O3/c15-13(19)11-7-10(16-17-11)9-3-1-5-18(8-9)14(20)12-4-2-6-21-12/h7,9,12H,1-6,8H2,(H2,15,19)(H,16,17)/t9-,12-/m1/s1. The van der Waals surface area contributed by atoms with Gasteiger partial charge in [0.05, 0.1) is 0 Å². The quantitative estimate of drug-likeness (QED) is 0.841. The smallest absolute Gasteiger partial charge is 0.269 e. The van der Waals surface area contributed by atoms with Crippen LogP contribution >= 0.6 is 0 Å². The lowest BCUT2D eigenvalue weighted by molar-refractivity contribution is -0.142. The molecular formula is C14H20N4O3. The third kappa shape index (κ3) is 2.92. The molecule has 2 aliphatic heterocycles. The number of primary amides is 1. The van der Waals surface area contributed by atoms with Gasteiger partial charge in [-0.1, -0.05) is 0 Å². The number of amides is 2. The molecule has 0 saturated carbocycles. The lowest BCUT2D eigenvalue weighted by atomic mass is 9.94. The lowest BCUT2D eigenvalue weighted by Gasteiger charge is -2.33. The van der Waals surface area contributed by atoms with E-state index in [4.69, 9.17) is 10.5 Å². The molecule has 3 heterocycles. The third-order valence-electron chi connectivity index (χ3n) is 4.23. The molecule has 7 nitrogen and oxygen atoms in total. The van der Waals surface area contributed by atoms with Gasteiger partial charge >= 0.3 is 0 Å². The minimum absolute atomic E-state index is 0.0897. The van der Waals surface area contributed by atoms with Gasteiger partial charge in [0.25, 0.3) is 11.8 Å². The second kappa shape index (κ2) is 5.85. The van der Waals surface area contributed by atoms with Gasteiger partial charge in [0.15, 0.2) is 0 Å². The van der Waals surface area contributed by atoms with Gasteiger partial charge in [0, 0.05) is 31.3 Å². The number of piperidine rings is 1. The Labute approximate surface area is 122 Å². The van der Waals surface area contributed by atoms with E-state index in [2.05, 4.69) is 10.2 Å². The van der Waals surface area contributed by atoms with Crippen molar-refractivity contribution in [1.82, 2.24) is 15.1 Å². The molecule has 1 aromatic rings. The maximum Gasteiger partial charge on any atom is 0.269 e. The molecular weight excluding hydrogens is 272 g/mol. The average molecular weight is 292 g/mol. The molecule has 0 aliphatic carbocycles. The highest BCUT2D eigenvalue weighted by atomic mass is 16.5. The van der Waals surface area contributed by atoms with Crippen molar-refractivity contribution < 1.29 is 14.3 Å². The molecule has 0 radical (unpaired) electrons. The zero-order chi connectivity index (χ0) is 14.8. The van der Waals surface area contributed by atoms with Crippen molar-refractivity contribution in [2.45, 2.75) is 37.7 Å². The fourth-order valence-electron chi connectivity index (χ4n) is 3.08. The highest BCUT2D eigenvalue weighted by Crippen LogP contribution is 2.27. The van der Waals surface area contributed by atoms with Crippen molar-refractivity contribution in [2.75, 3.05) is 19.7 Å². The minimum atomic E-state index is -0.541. The van der Waals surface area contributed by atoms with Crippen LogP contribution < -0.4 is 5.73 Å². The molecule has 21 heavy (non-hydrogen) atoms. The van der Waals surface area contributed by atoms with Crippen LogP contribution in [0.15, 0.2) is 6.07 Å². The molecule has 0 spiro atoms. The molecule has 2 saturated heterocycles. The van der Waals surface area contributed by atoms with E-state index in [0.717, 1.165) is 37.9 Å². The van der Waals surface area contributed by atoms with Crippen molar-refractivity contribution in [2.24, 2.45) is 5.73 Å². The van der Waals surface area contributed by atoms with Gasteiger partial charge in [-0.2, -0.15) is 5.10 Å². The summed E-state index contributed by atoms with van der Waals surface area (Å²) in [5.41, 5.74) is 6.32. The average Bonchev–Trinajstić information content (AvgIpc) is 3.18. The zero-order valence-corrected chi connectivity index (χ0v) is 11.9. The van der Waals surface area contributed by atoms with Crippen molar-refractivity contribution >= 4 is 11.8 Å². The van der Waals surface area contributed by atoms with E-state index in [9.17, 15) is 9.59 Å². The summed E-state index contributed by atoms with van der Waals surface area (Å²) in [6, 6.07) is 1.69. The molecule has 2 fully saturated rings. The van der Waals surface area contributed by atoms with Crippen LogP contribution in [0, 0.1) is 0 Å². The summed E-state index contributed by atoms with van der Waals surface area (Å²) in [7, 11) is 0. The monoisotopic (exact) mass is 292 g/mol. The SMILES string of the molecule is NC(=O)c1cc([C@@H]2CCCN(C(=O)[C@H]3CCCO3)C2)[nH]n1. The lowest BCUT2D eigenvalue weighted by Crippen LogP contribution is -2.44. The van der Waals surface area contributed by atoms with E-state index in [0.29, 0.717) is 13.2 Å². The molecule has 3 N–H and O–H groups in total. The Bertz CT molecular complexity index is 536. The normalized spacial score (nSPS) is 26.0. The Balaban J connectivity index is 1.67. The van der Waals surface area contributed by atoms with Crippen molar-refractivity contribution in [3.8, 4) is 0 Å². The molecule has 3 rings (SSSR count). The molecule has 0 aromatic carbocycles. The van der Waals surface area contributed by atoms with Crippen LogP contribution in [0.1, 0.15) is 47.8 Å². The fraction of sp³-hybridized carbons (Fsp3) is 0.643. The molecule has 114 valence electrons. The number of hydrogen-bond acceptors (Lipinski definition) is 4. The minimum Gasteiger partial charge on any atom is -0.368 e. The highest BCUT2D eigenvalue weighted by Gasteiger charge is 2.32. The number of H-pyrrole nitrogens is 1. The first kappa shape index (κ1) is 14.1. The molecule has 0 bridgehead atoms. The van der Waals surface area contributed by atoms with E-state index in [-0.39, 0.29) is 23.6 Å². The summed E-state index contributed by atoms with van der Waals surface area (Å²) in [5, 5.41) is 6.78. The number of rotatable bonds is 3. The summed E-state index contributed by atoms with van der Waals surface area (Å²) in [5.74, 6) is -0.280. The number of nitrogens with two attached hydrogens (primary N) is 1. The molecule has 2 amide bonds. The van der Waals surface area contributed by atoms with Crippen LogP contribution in [0.5, 0.6) is 0 Å². The molecule has 7 heteroatoms. The van der Waals surface area contributed by atoms with Gasteiger partial charge in [0.1, 0.15) is 11.8 Å². The molecule has 1 aromatic heterocycles. The van der Waals surface area contributed by atoms with Crippen LogP contribution in [0.4, 0.5) is 0 Å². The number of nitrogens with zero attached hydrogens (tertiary/aromatic N) is 2. The van der Waals surface area contributed by atoms with Gasteiger partial charge in [-0.05, 0) is 31.7 Å². The van der Waals surface area contributed by atoms with E-state index >= 15 is 0 Å². The highest BCUT2D eigenvalue weighted by molar-refractivity contribution is 5.90. The van der Waals surface area contributed by atoms with Crippen molar-refractivity contribution in [3.63, 3.8) is 0 Å².